The molecule has 0 aromatic heterocycles. The van der Waals surface area contributed by atoms with Crippen molar-refractivity contribution in [1.29, 1.82) is 0 Å². The Bertz CT molecular complexity index is 921. The molecule has 1 atom stereocenters. The number of amides is 1. The van der Waals surface area contributed by atoms with E-state index >= 15 is 0 Å². The topological polar surface area (TPSA) is 67.9 Å². The molecule has 1 heterocycles. The first-order chi connectivity index (χ1) is 14.7. The molecule has 6 heteroatoms. The second-order valence-electron chi connectivity index (χ2n) is 7.86. The first-order valence-corrected chi connectivity index (χ1v) is 10.6. The summed E-state index contributed by atoms with van der Waals surface area (Å²) in [6, 6.07) is 13.9. The van der Waals surface area contributed by atoms with E-state index in [-0.39, 0.29) is 11.8 Å². The highest BCUT2D eigenvalue weighted by Crippen LogP contribution is 2.34. The van der Waals surface area contributed by atoms with Crippen LogP contribution in [0, 0.1) is 0 Å². The van der Waals surface area contributed by atoms with E-state index in [9.17, 15) is 9.59 Å². The Labute approximate surface area is 177 Å². The van der Waals surface area contributed by atoms with Gasteiger partial charge in [0.15, 0.2) is 0 Å². The molecule has 2 aromatic carbocycles. The summed E-state index contributed by atoms with van der Waals surface area (Å²) in [4.78, 5) is 27.4. The van der Waals surface area contributed by atoms with Crippen LogP contribution in [0.5, 0.6) is 0 Å². The van der Waals surface area contributed by atoms with Gasteiger partial charge in [0, 0.05) is 25.2 Å². The lowest BCUT2D eigenvalue weighted by atomic mass is 9.81. The van der Waals surface area contributed by atoms with Gasteiger partial charge in [0.1, 0.15) is 0 Å². The average Bonchev–Trinajstić information content (AvgIpc) is 2.79. The van der Waals surface area contributed by atoms with Crippen LogP contribution in [0.2, 0.25) is 0 Å². The molecule has 4 rings (SSSR count). The number of carbonyl (C=O) groups excluding carboxylic acids is 2. The van der Waals surface area contributed by atoms with Crippen LogP contribution < -0.4 is 10.2 Å². The Kier molecular flexibility index (Phi) is 6.33. The van der Waals surface area contributed by atoms with Crippen molar-refractivity contribution < 1.29 is 19.1 Å². The van der Waals surface area contributed by atoms with E-state index in [0.717, 1.165) is 38.0 Å². The number of hydrogen-bond acceptors (Lipinski definition) is 5. The maximum Gasteiger partial charge on any atom is 0.340 e. The zero-order valence-corrected chi connectivity index (χ0v) is 17.4. The van der Waals surface area contributed by atoms with Gasteiger partial charge in [-0.05, 0) is 54.5 Å². The van der Waals surface area contributed by atoms with Crippen molar-refractivity contribution in [3.63, 3.8) is 0 Å². The molecule has 6 nitrogen and oxygen atoms in total. The quantitative estimate of drug-likeness (QED) is 0.763. The summed E-state index contributed by atoms with van der Waals surface area (Å²) in [5.74, 6) is -0.325. The molecule has 2 aromatic rings. The molecule has 0 saturated carbocycles. The van der Waals surface area contributed by atoms with E-state index in [1.165, 1.54) is 18.2 Å². The van der Waals surface area contributed by atoms with Gasteiger partial charge in [-0.3, -0.25) is 4.79 Å². The minimum absolute atomic E-state index is 0.0824. The Morgan fingerprint density at radius 1 is 1.17 bits per heavy atom. The number of hydrogen-bond donors (Lipinski definition) is 1. The van der Waals surface area contributed by atoms with Crippen LogP contribution >= 0.6 is 0 Å². The Morgan fingerprint density at radius 2 is 1.97 bits per heavy atom. The van der Waals surface area contributed by atoms with Gasteiger partial charge in [-0.25, -0.2) is 4.79 Å². The first kappa shape index (κ1) is 20.4. The molecular formula is C24H28N2O4. The summed E-state index contributed by atoms with van der Waals surface area (Å²) >= 11 is 0. The number of benzene rings is 2. The second-order valence-corrected chi connectivity index (χ2v) is 7.86. The number of carbonyl (C=O) groups is 2. The summed E-state index contributed by atoms with van der Waals surface area (Å²) in [5.41, 5.74) is 4.41. The number of anilines is 2. The third kappa shape index (κ3) is 4.49. The maximum absolute atomic E-state index is 12.9. The number of nitrogens with zero attached hydrogens (tertiary/aromatic N) is 1. The van der Waals surface area contributed by atoms with E-state index in [0.29, 0.717) is 30.9 Å². The molecule has 0 bridgehead atoms. The molecule has 1 aliphatic carbocycles. The smallest absolute Gasteiger partial charge is 0.340 e. The molecule has 1 saturated heterocycles. The fraction of sp³-hybridized carbons (Fsp3) is 0.417. The number of morpholine rings is 1. The summed E-state index contributed by atoms with van der Waals surface area (Å²) in [6.07, 6.45) is 3.58. The minimum Gasteiger partial charge on any atom is -0.465 e. The van der Waals surface area contributed by atoms with E-state index in [4.69, 9.17) is 9.47 Å². The lowest BCUT2D eigenvalue weighted by molar-refractivity contribution is -0.116. The van der Waals surface area contributed by atoms with Gasteiger partial charge in [0.2, 0.25) is 5.91 Å². The molecule has 158 valence electrons. The van der Waals surface area contributed by atoms with Gasteiger partial charge in [-0.15, -0.1) is 0 Å². The van der Waals surface area contributed by atoms with Crippen LogP contribution in [0.25, 0.3) is 0 Å². The van der Waals surface area contributed by atoms with Gasteiger partial charge in [-0.1, -0.05) is 24.3 Å². The maximum atomic E-state index is 12.9. The largest absolute Gasteiger partial charge is 0.465 e. The Balaban J connectivity index is 1.50. The van der Waals surface area contributed by atoms with Crippen molar-refractivity contribution in [3.8, 4) is 0 Å². The number of fused-ring (bicyclic) bond motifs is 1. The van der Waals surface area contributed by atoms with Crippen molar-refractivity contribution in [2.24, 2.45) is 0 Å². The van der Waals surface area contributed by atoms with E-state index in [1.54, 1.807) is 12.1 Å². The van der Waals surface area contributed by atoms with Gasteiger partial charge in [-0.2, -0.15) is 0 Å². The first-order valence-electron chi connectivity index (χ1n) is 10.6. The molecule has 2 aliphatic rings. The van der Waals surface area contributed by atoms with Crippen LogP contribution in [0.4, 0.5) is 11.4 Å². The van der Waals surface area contributed by atoms with E-state index in [2.05, 4.69) is 28.4 Å². The normalized spacial score (nSPS) is 18.4. The number of nitrogens with one attached hydrogen (secondary N) is 1. The van der Waals surface area contributed by atoms with Gasteiger partial charge < -0.3 is 19.7 Å². The third-order valence-electron chi connectivity index (χ3n) is 5.98. The molecule has 0 spiro atoms. The van der Waals surface area contributed by atoms with Crippen LogP contribution in [-0.2, 0) is 20.7 Å². The van der Waals surface area contributed by atoms with Crippen LogP contribution in [0.1, 0.15) is 46.7 Å². The summed E-state index contributed by atoms with van der Waals surface area (Å²) in [5, 5.41) is 2.95. The van der Waals surface area contributed by atoms with Crippen LogP contribution in [-0.4, -0.2) is 45.3 Å². The summed E-state index contributed by atoms with van der Waals surface area (Å²) < 4.78 is 10.4. The van der Waals surface area contributed by atoms with E-state index in [1.807, 2.05) is 12.1 Å². The molecule has 0 radical (unpaired) electrons. The molecular weight excluding hydrogens is 380 g/mol. The van der Waals surface area contributed by atoms with Gasteiger partial charge in [0.05, 0.1) is 31.6 Å². The van der Waals surface area contributed by atoms with Crippen molar-refractivity contribution in [2.75, 3.05) is 43.6 Å². The van der Waals surface area contributed by atoms with Crippen molar-refractivity contribution in [3.05, 3.63) is 59.2 Å². The van der Waals surface area contributed by atoms with Crippen molar-refractivity contribution >= 4 is 23.3 Å². The third-order valence-corrected chi connectivity index (χ3v) is 5.98. The highest BCUT2D eigenvalue weighted by Gasteiger charge is 2.24. The highest BCUT2D eigenvalue weighted by atomic mass is 16.5. The zero-order valence-electron chi connectivity index (χ0n) is 17.4. The van der Waals surface area contributed by atoms with Gasteiger partial charge in [0.25, 0.3) is 0 Å². The number of methoxy groups -OCH3 is 1. The van der Waals surface area contributed by atoms with Crippen molar-refractivity contribution in [1.82, 2.24) is 0 Å². The predicted octanol–water partition coefficient (Wildman–Crippen LogP) is 3.76. The number of ether oxygens (including phenoxy) is 2. The van der Waals surface area contributed by atoms with Crippen LogP contribution in [0.15, 0.2) is 42.5 Å². The number of aryl methyl sites for hydroxylation is 1. The monoisotopic (exact) mass is 408 g/mol. The Morgan fingerprint density at radius 3 is 2.77 bits per heavy atom. The predicted molar refractivity (Wildman–Crippen MR) is 116 cm³/mol. The Hall–Kier alpha value is -2.86. The summed E-state index contributed by atoms with van der Waals surface area (Å²) in [7, 11) is 1.36. The molecule has 1 N–H and O–H groups in total. The summed E-state index contributed by atoms with van der Waals surface area (Å²) in [6.45, 7) is 2.87. The SMILES string of the molecule is COC(=O)c1cc(N2CCOCC2)ccc1NC(=O)CC1CCCc2ccccc21. The molecule has 30 heavy (non-hydrogen) atoms. The number of rotatable bonds is 5. The van der Waals surface area contributed by atoms with Gasteiger partial charge >= 0.3 is 5.97 Å². The highest BCUT2D eigenvalue weighted by molar-refractivity contribution is 6.02. The average molecular weight is 408 g/mol. The minimum atomic E-state index is -0.455. The van der Waals surface area contributed by atoms with Crippen LogP contribution in [0.3, 0.4) is 0 Å². The molecule has 1 unspecified atom stereocenters. The standard InChI is InChI=1S/C24H28N2O4/c1-29-24(28)21-16-19(26-11-13-30-14-12-26)9-10-22(21)25-23(27)15-18-7-4-6-17-5-2-3-8-20(17)18/h2-3,5,8-10,16,18H,4,6-7,11-15H2,1H3,(H,25,27). The fourth-order valence-corrected chi connectivity index (χ4v) is 4.43. The fourth-order valence-electron chi connectivity index (χ4n) is 4.43. The lowest BCUT2D eigenvalue weighted by Crippen LogP contribution is -2.36. The van der Waals surface area contributed by atoms with E-state index < -0.39 is 5.97 Å². The lowest BCUT2D eigenvalue weighted by Gasteiger charge is -2.29. The molecule has 1 fully saturated rings. The number of esters is 1. The molecule has 1 amide bonds. The molecule has 1 aliphatic heterocycles. The second kappa shape index (κ2) is 9.30. The zero-order chi connectivity index (χ0) is 20.9. The van der Waals surface area contributed by atoms with Crippen molar-refractivity contribution in [2.45, 2.75) is 31.6 Å².